The summed E-state index contributed by atoms with van der Waals surface area (Å²) in [5, 5.41) is 6.47. The fraction of sp³-hybridized carbons (Fsp3) is 0.114. The van der Waals surface area contributed by atoms with Crippen LogP contribution in [0.15, 0.2) is 175 Å². The van der Waals surface area contributed by atoms with Gasteiger partial charge in [-0.05, 0) is 30.7 Å². The van der Waals surface area contributed by atoms with Gasteiger partial charge in [0.2, 0.25) is 5.91 Å². The molecule has 2 amide bonds. The lowest BCUT2D eigenvalue weighted by molar-refractivity contribution is -0.125. The van der Waals surface area contributed by atoms with Crippen LogP contribution >= 0.6 is 18.7 Å². The predicted octanol–water partition coefficient (Wildman–Crippen LogP) is 9.02. The standard InChI is InChI=1S/C44H39ClN3O3P/c1-2-3-31-46-43(50)41(48(35-22-18-21-34(45)32-35)44(51)42(49)33-19-8-4-9-20-33)39-29-16-17-30-40(39)47-52(36-23-10-5-11-24-36,37-25-12-6-13-26-37)38-27-14-7-15-28-38/h4-30,32,41H,2-3,31H2,1H3,(H,46,50). The topological polar surface area (TPSA) is 78.8 Å². The molecule has 1 N–H and O–H groups in total. The van der Waals surface area contributed by atoms with Crippen LogP contribution in [0.1, 0.15) is 41.7 Å². The van der Waals surface area contributed by atoms with Crippen molar-refractivity contribution in [1.29, 1.82) is 0 Å². The highest BCUT2D eigenvalue weighted by molar-refractivity contribution is 7.87. The van der Waals surface area contributed by atoms with Crippen molar-refractivity contribution in [1.82, 2.24) is 5.32 Å². The average Bonchev–Trinajstić information content (AvgIpc) is 3.20. The summed E-state index contributed by atoms with van der Waals surface area (Å²) in [6.45, 7) is 2.43. The number of unbranched alkanes of at least 4 members (excludes halogenated alkanes) is 1. The monoisotopic (exact) mass is 723 g/mol. The minimum absolute atomic E-state index is 0.213. The van der Waals surface area contributed by atoms with E-state index in [2.05, 4.69) is 41.7 Å². The number of carbonyl (C=O) groups excluding carboxylic acids is 3. The molecule has 1 unspecified atom stereocenters. The lowest BCUT2D eigenvalue weighted by atomic mass is 9.99. The molecule has 0 saturated carbocycles. The minimum Gasteiger partial charge on any atom is -0.354 e. The second-order valence-electron chi connectivity index (χ2n) is 12.2. The largest absolute Gasteiger partial charge is 0.354 e. The Morgan fingerprint density at radius 1 is 0.673 bits per heavy atom. The van der Waals surface area contributed by atoms with Crippen molar-refractivity contribution < 1.29 is 14.4 Å². The quantitative estimate of drug-likeness (QED) is 0.0559. The molecular weight excluding hydrogens is 685 g/mol. The second-order valence-corrected chi connectivity index (χ2v) is 15.7. The zero-order valence-electron chi connectivity index (χ0n) is 28.8. The van der Waals surface area contributed by atoms with Crippen molar-refractivity contribution in [2.24, 2.45) is 4.74 Å². The van der Waals surface area contributed by atoms with Gasteiger partial charge in [-0.25, -0.2) is 0 Å². The fourth-order valence-corrected chi connectivity index (χ4v) is 9.98. The number of hydrogen-bond donors (Lipinski definition) is 1. The first-order chi connectivity index (χ1) is 25.4. The number of carbonyl (C=O) groups is 3. The number of nitrogens with one attached hydrogen (secondary N) is 1. The molecule has 52 heavy (non-hydrogen) atoms. The van der Waals surface area contributed by atoms with E-state index in [1.807, 2.05) is 85.8 Å². The van der Waals surface area contributed by atoms with Gasteiger partial charge in [0.05, 0.1) is 12.7 Å². The number of hydrogen-bond acceptors (Lipinski definition) is 4. The Kier molecular flexibility index (Phi) is 11.9. The van der Waals surface area contributed by atoms with Crippen molar-refractivity contribution in [3.8, 4) is 0 Å². The summed E-state index contributed by atoms with van der Waals surface area (Å²) in [6, 6.07) is 51.7. The van der Waals surface area contributed by atoms with E-state index in [0.717, 1.165) is 28.8 Å². The van der Waals surface area contributed by atoms with Gasteiger partial charge >= 0.3 is 0 Å². The molecule has 0 aliphatic heterocycles. The molecule has 0 aliphatic rings. The molecule has 8 heteroatoms. The normalized spacial score (nSPS) is 11.7. The van der Waals surface area contributed by atoms with Gasteiger partial charge in [0.25, 0.3) is 11.7 Å². The molecule has 0 bridgehead atoms. The van der Waals surface area contributed by atoms with Crippen LogP contribution in [0.2, 0.25) is 5.02 Å². The van der Waals surface area contributed by atoms with Crippen LogP contribution in [0.4, 0.5) is 11.4 Å². The van der Waals surface area contributed by atoms with Crippen LogP contribution in [0, 0.1) is 0 Å². The summed E-state index contributed by atoms with van der Waals surface area (Å²) in [5.41, 5.74) is 1.51. The number of benzene rings is 6. The lowest BCUT2D eigenvalue weighted by Gasteiger charge is -2.33. The van der Waals surface area contributed by atoms with Gasteiger partial charge in [-0.15, -0.1) is 0 Å². The van der Waals surface area contributed by atoms with E-state index in [1.165, 1.54) is 4.90 Å². The van der Waals surface area contributed by atoms with Crippen LogP contribution in [-0.4, -0.2) is 24.1 Å². The number of nitrogens with zero attached hydrogens (tertiary/aromatic N) is 2. The molecule has 6 rings (SSSR count). The summed E-state index contributed by atoms with van der Waals surface area (Å²) in [5.74, 6) is -2.05. The van der Waals surface area contributed by atoms with Gasteiger partial charge in [0.1, 0.15) is 6.04 Å². The highest BCUT2D eigenvalue weighted by Crippen LogP contribution is 2.50. The Bertz CT molecular complexity index is 2090. The van der Waals surface area contributed by atoms with Crippen LogP contribution in [0.3, 0.4) is 0 Å². The molecule has 260 valence electrons. The van der Waals surface area contributed by atoms with Gasteiger partial charge < -0.3 is 5.32 Å². The molecule has 6 nitrogen and oxygen atoms in total. The van der Waals surface area contributed by atoms with Crippen LogP contribution in [-0.2, 0) is 9.59 Å². The van der Waals surface area contributed by atoms with Crippen molar-refractivity contribution in [2.75, 3.05) is 11.4 Å². The number of Topliss-reactive ketones (excluding diaryl/α,β-unsaturated/α-hetero) is 1. The first kappa shape index (κ1) is 36.2. The smallest absolute Gasteiger partial charge is 0.300 e. The van der Waals surface area contributed by atoms with Gasteiger partial charge in [0.15, 0.2) is 0 Å². The van der Waals surface area contributed by atoms with E-state index in [0.29, 0.717) is 28.5 Å². The van der Waals surface area contributed by atoms with Crippen molar-refractivity contribution in [3.05, 3.63) is 186 Å². The number of anilines is 1. The first-order valence-corrected chi connectivity index (χ1v) is 19.4. The van der Waals surface area contributed by atoms with Crippen molar-refractivity contribution in [2.45, 2.75) is 25.8 Å². The zero-order valence-corrected chi connectivity index (χ0v) is 30.5. The third-order valence-electron chi connectivity index (χ3n) is 8.75. The average molecular weight is 724 g/mol. The Balaban J connectivity index is 1.66. The van der Waals surface area contributed by atoms with Gasteiger partial charge in [0, 0.05) is 44.3 Å². The molecule has 0 fully saturated rings. The Hall–Kier alpha value is -5.55. The van der Waals surface area contributed by atoms with E-state index in [9.17, 15) is 14.4 Å². The van der Waals surface area contributed by atoms with E-state index in [-0.39, 0.29) is 5.56 Å². The number of amides is 2. The highest BCUT2D eigenvalue weighted by Gasteiger charge is 2.38. The van der Waals surface area contributed by atoms with Crippen molar-refractivity contribution >= 4 is 63.5 Å². The van der Waals surface area contributed by atoms with E-state index < -0.39 is 30.7 Å². The maximum absolute atomic E-state index is 14.6. The highest BCUT2D eigenvalue weighted by atomic mass is 35.5. The van der Waals surface area contributed by atoms with Crippen LogP contribution in [0.5, 0.6) is 0 Å². The summed E-state index contributed by atoms with van der Waals surface area (Å²) in [6.07, 6.45) is 1.60. The third-order valence-corrected chi connectivity index (χ3v) is 12.6. The van der Waals surface area contributed by atoms with E-state index in [1.54, 1.807) is 54.6 Å². The fourth-order valence-electron chi connectivity index (χ4n) is 6.24. The van der Waals surface area contributed by atoms with Gasteiger partial charge in [-0.3, -0.25) is 24.0 Å². The number of ketones is 1. The predicted molar refractivity (Wildman–Crippen MR) is 214 cm³/mol. The first-order valence-electron chi connectivity index (χ1n) is 17.3. The molecule has 0 saturated heterocycles. The second kappa shape index (κ2) is 17.1. The number of rotatable bonds is 13. The van der Waals surface area contributed by atoms with Crippen LogP contribution in [0.25, 0.3) is 0 Å². The Morgan fingerprint density at radius 3 is 1.73 bits per heavy atom. The van der Waals surface area contributed by atoms with Crippen LogP contribution < -0.4 is 26.1 Å². The van der Waals surface area contributed by atoms with Gasteiger partial charge in [-0.1, -0.05) is 171 Å². The summed E-state index contributed by atoms with van der Waals surface area (Å²) in [4.78, 5) is 44.4. The van der Waals surface area contributed by atoms with E-state index >= 15 is 0 Å². The Morgan fingerprint density at radius 2 is 1.19 bits per heavy atom. The molecule has 1 atom stereocenters. The Labute approximate surface area is 310 Å². The lowest BCUT2D eigenvalue weighted by Crippen LogP contribution is -2.46. The molecule has 0 radical (unpaired) electrons. The maximum Gasteiger partial charge on any atom is 0.300 e. The third kappa shape index (κ3) is 7.84. The molecule has 0 aromatic heterocycles. The summed E-state index contributed by atoms with van der Waals surface area (Å²) in [7, 11) is -2.80. The molecule has 6 aromatic carbocycles. The molecule has 0 heterocycles. The van der Waals surface area contributed by atoms with E-state index in [4.69, 9.17) is 16.3 Å². The molecular formula is C44H39ClN3O3P. The molecule has 6 aromatic rings. The van der Waals surface area contributed by atoms with Crippen molar-refractivity contribution in [3.63, 3.8) is 0 Å². The SMILES string of the molecule is CCCCNC(=O)C(c1ccccc1N=P(c1ccccc1)(c1ccccc1)c1ccccc1)N(C(=O)C(=O)c1ccccc1)c1cccc(Cl)c1. The number of halogens is 1. The summed E-state index contributed by atoms with van der Waals surface area (Å²) < 4.78 is 5.74. The maximum atomic E-state index is 14.6. The zero-order chi connectivity index (χ0) is 36.3. The van der Waals surface area contributed by atoms with Gasteiger partial charge in [-0.2, -0.15) is 0 Å². The minimum atomic E-state index is -2.80. The molecule has 0 spiro atoms. The summed E-state index contributed by atoms with van der Waals surface area (Å²) >= 11 is 6.51. The molecule has 0 aliphatic carbocycles.